The molecule has 15 heavy (non-hydrogen) atoms. The van der Waals surface area contributed by atoms with E-state index in [2.05, 4.69) is 10.1 Å². The molecule has 0 aliphatic heterocycles. The number of rotatable bonds is 6. The van der Waals surface area contributed by atoms with E-state index in [1.54, 1.807) is 0 Å². The molecule has 1 unspecified atom stereocenters. The Balaban J connectivity index is 3.50. The van der Waals surface area contributed by atoms with Crippen LogP contribution in [-0.4, -0.2) is 37.9 Å². The monoisotopic (exact) mass is 228 g/mol. The molecule has 0 rings (SSSR count). The number of ether oxygens (including phenoxy) is 1. The molecule has 1 amide bonds. The van der Waals surface area contributed by atoms with Gasteiger partial charge >= 0.3 is 6.18 Å². The van der Waals surface area contributed by atoms with E-state index in [0.717, 1.165) is 0 Å². The normalized spacial score (nSPS) is 13.7. The van der Waals surface area contributed by atoms with E-state index >= 15 is 0 Å². The Morgan fingerprint density at radius 2 is 2.13 bits per heavy atom. The summed E-state index contributed by atoms with van der Waals surface area (Å²) in [5, 5.41) is 2.36. The third-order valence-corrected chi connectivity index (χ3v) is 1.58. The Kier molecular flexibility index (Phi) is 6.26. The van der Waals surface area contributed by atoms with Gasteiger partial charge in [0.05, 0.1) is 0 Å². The van der Waals surface area contributed by atoms with Crippen LogP contribution in [0.4, 0.5) is 13.2 Å². The Morgan fingerprint density at radius 1 is 1.53 bits per heavy atom. The summed E-state index contributed by atoms with van der Waals surface area (Å²) in [4.78, 5) is 10.9. The number of carbonyl (C=O) groups is 1. The van der Waals surface area contributed by atoms with Crippen molar-refractivity contribution in [2.45, 2.75) is 25.6 Å². The second-order valence-electron chi connectivity index (χ2n) is 3.08. The molecule has 0 saturated heterocycles. The summed E-state index contributed by atoms with van der Waals surface area (Å²) in [7, 11) is 0. The first-order valence-electron chi connectivity index (χ1n) is 4.52. The molecule has 0 saturated carbocycles. The number of hydrogen-bond acceptors (Lipinski definition) is 3. The smallest absolute Gasteiger partial charge is 0.362 e. The van der Waals surface area contributed by atoms with Crippen LogP contribution in [0.25, 0.3) is 0 Å². The second kappa shape index (κ2) is 6.62. The van der Waals surface area contributed by atoms with Gasteiger partial charge in [-0.3, -0.25) is 4.79 Å². The molecule has 1 atom stereocenters. The minimum Gasteiger partial charge on any atom is -0.362 e. The van der Waals surface area contributed by atoms with Crippen LogP contribution in [0.2, 0.25) is 0 Å². The number of nitrogens with one attached hydrogen (secondary N) is 1. The molecule has 0 aromatic carbocycles. The number of hydrogen-bond donors (Lipinski definition) is 2. The maximum absolute atomic E-state index is 11.6. The first kappa shape index (κ1) is 14.2. The highest BCUT2D eigenvalue weighted by Crippen LogP contribution is 2.13. The van der Waals surface area contributed by atoms with Crippen LogP contribution in [0.1, 0.15) is 13.3 Å². The van der Waals surface area contributed by atoms with Crippen molar-refractivity contribution in [1.82, 2.24) is 5.32 Å². The number of carbonyl (C=O) groups excluding carboxylic acids is 1. The van der Waals surface area contributed by atoms with Gasteiger partial charge < -0.3 is 15.8 Å². The lowest BCUT2D eigenvalue weighted by atomic mass is 10.2. The molecule has 0 radical (unpaired) electrons. The number of halogens is 3. The number of alkyl halides is 3. The van der Waals surface area contributed by atoms with E-state index in [4.69, 9.17) is 5.73 Å². The van der Waals surface area contributed by atoms with E-state index in [0.29, 0.717) is 6.42 Å². The summed E-state index contributed by atoms with van der Waals surface area (Å²) in [6.45, 7) is 0.0673. The molecular weight excluding hydrogens is 213 g/mol. The molecular formula is C8H15F3N2O2. The van der Waals surface area contributed by atoms with E-state index in [-0.39, 0.29) is 12.6 Å². The van der Waals surface area contributed by atoms with Gasteiger partial charge in [-0.2, -0.15) is 13.2 Å². The van der Waals surface area contributed by atoms with Crippen LogP contribution in [0.5, 0.6) is 0 Å². The van der Waals surface area contributed by atoms with Gasteiger partial charge in [-0.25, -0.2) is 0 Å². The lowest BCUT2D eigenvalue weighted by molar-refractivity contribution is -0.175. The van der Waals surface area contributed by atoms with Gasteiger partial charge in [-0.15, -0.1) is 0 Å². The molecule has 4 nitrogen and oxygen atoms in total. The fourth-order valence-electron chi connectivity index (χ4n) is 0.700. The Labute approximate surface area is 86.0 Å². The molecule has 0 heterocycles. The molecule has 0 aromatic heterocycles. The molecule has 3 N–H and O–H groups in total. The summed E-state index contributed by atoms with van der Waals surface area (Å²) in [5.74, 6) is -0.594. The molecule has 0 aliphatic rings. The molecule has 0 bridgehead atoms. The zero-order valence-corrected chi connectivity index (χ0v) is 8.43. The standard InChI is InChI=1S/C8H15F3N2O2/c1-2-6(12)3-13-7(14)4-15-5-8(9,10)11/h6H,2-5,12H2,1H3,(H,13,14). The van der Waals surface area contributed by atoms with Gasteiger partial charge in [0.25, 0.3) is 0 Å². The SMILES string of the molecule is CCC(N)CNC(=O)COCC(F)(F)F. The van der Waals surface area contributed by atoms with Crippen molar-refractivity contribution in [1.29, 1.82) is 0 Å². The first-order valence-corrected chi connectivity index (χ1v) is 4.52. The lowest BCUT2D eigenvalue weighted by Gasteiger charge is -2.11. The van der Waals surface area contributed by atoms with E-state index in [1.165, 1.54) is 0 Å². The molecule has 0 fully saturated rings. The molecule has 0 aromatic rings. The predicted molar refractivity (Wildman–Crippen MR) is 48.2 cm³/mol. The van der Waals surface area contributed by atoms with Gasteiger partial charge in [0.2, 0.25) is 5.91 Å². The number of amides is 1. The maximum atomic E-state index is 11.6. The predicted octanol–water partition coefficient (Wildman–Crippen LogP) is 0.419. The van der Waals surface area contributed by atoms with Gasteiger partial charge in [0, 0.05) is 12.6 Å². The van der Waals surface area contributed by atoms with E-state index < -0.39 is 25.3 Å². The Hall–Kier alpha value is -0.820. The van der Waals surface area contributed by atoms with E-state index in [1.807, 2.05) is 6.92 Å². The van der Waals surface area contributed by atoms with Crippen LogP contribution in [0.3, 0.4) is 0 Å². The van der Waals surface area contributed by atoms with Crippen molar-refractivity contribution >= 4 is 5.91 Å². The third kappa shape index (κ3) is 9.48. The fraction of sp³-hybridized carbons (Fsp3) is 0.875. The van der Waals surface area contributed by atoms with Gasteiger partial charge in [-0.05, 0) is 6.42 Å². The van der Waals surface area contributed by atoms with Gasteiger partial charge in [-0.1, -0.05) is 6.92 Å². The molecule has 0 aliphatic carbocycles. The Bertz CT molecular complexity index is 197. The van der Waals surface area contributed by atoms with Crippen molar-refractivity contribution < 1.29 is 22.7 Å². The van der Waals surface area contributed by atoms with Crippen molar-refractivity contribution in [3.05, 3.63) is 0 Å². The average Bonchev–Trinajstić information content (AvgIpc) is 2.12. The van der Waals surface area contributed by atoms with E-state index in [9.17, 15) is 18.0 Å². The fourth-order valence-corrected chi connectivity index (χ4v) is 0.700. The summed E-state index contributed by atoms with van der Waals surface area (Å²) in [6.07, 6.45) is -3.72. The first-order chi connectivity index (χ1) is 6.85. The van der Waals surface area contributed by atoms with Gasteiger partial charge in [0.15, 0.2) is 0 Å². The second-order valence-corrected chi connectivity index (χ2v) is 3.08. The minimum atomic E-state index is -4.40. The molecule has 0 spiro atoms. The molecule has 7 heteroatoms. The third-order valence-electron chi connectivity index (χ3n) is 1.58. The van der Waals surface area contributed by atoms with Crippen molar-refractivity contribution in [3.8, 4) is 0 Å². The summed E-state index contributed by atoms with van der Waals surface area (Å²) in [5.41, 5.74) is 5.48. The summed E-state index contributed by atoms with van der Waals surface area (Å²) in [6, 6.07) is -0.184. The highest BCUT2D eigenvalue weighted by atomic mass is 19.4. The van der Waals surface area contributed by atoms with Crippen molar-refractivity contribution in [2.75, 3.05) is 19.8 Å². The minimum absolute atomic E-state index is 0.184. The highest BCUT2D eigenvalue weighted by Gasteiger charge is 2.27. The van der Waals surface area contributed by atoms with Crippen LogP contribution in [-0.2, 0) is 9.53 Å². The average molecular weight is 228 g/mol. The van der Waals surface area contributed by atoms with Crippen molar-refractivity contribution in [3.63, 3.8) is 0 Å². The largest absolute Gasteiger partial charge is 0.411 e. The van der Waals surface area contributed by atoms with Crippen LogP contribution in [0.15, 0.2) is 0 Å². The zero-order valence-electron chi connectivity index (χ0n) is 8.43. The summed E-state index contributed by atoms with van der Waals surface area (Å²) < 4.78 is 38.9. The summed E-state index contributed by atoms with van der Waals surface area (Å²) >= 11 is 0. The quantitative estimate of drug-likeness (QED) is 0.692. The highest BCUT2D eigenvalue weighted by molar-refractivity contribution is 5.77. The molecule has 90 valence electrons. The van der Waals surface area contributed by atoms with Crippen LogP contribution < -0.4 is 11.1 Å². The van der Waals surface area contributed by atoms with Gasteiger partial charge in [0.1, 0.15) is 13.2 Å². The lowest BCUT2D eigenvalue weighted by Crippen LogP contribution is -2.38. The Morgan fingerprint density at radius 3 is 2.60 bits per heavy atom. The topological polar surface area (TPSA) is 64.3 Å². The van der Waals surface area contributed by atoms with Crippen LogP contribution in [0, 0.1) is 0 Å². The van der Waals surface area contributed by atoms with Crippen LogP contribution >= 0.6 is 0 Å². The zero-order chi connectivity index (χ0) is 11.9. The van der Waals surface area contributed by atoms with Crippen molar-refractivity contribution in [2.24, 2.45) is 5.73 Å². The number of nitrogens with two attached hydrogens (primary N) is 1. The maximum Gasteiger partial charge on any atom is 0.411 e.